The second-order valence-corrected chi connectivity index (χ2v) is 8.51. The number of nitrogens with zero attached hydrogens (tertiary/aromatic N) is 1. The Hall–Kier alpha value is -3.42. The Morgan fingerprint density at radius 2 is 1.82 bits per heavy atom. The lowest BCUT2D eigenvalue weighted by Crippen LogP contribution is -2.36. The minimum atomic E-state index is -0.390. The van der Waals surface area contributed by atoms with E-state index < -0.39 is 5.91 Å². The Bertz CT molecular complexity index is 1230. The molecule has 5 rings (SSSR count). The maximum atomic E-state index is 12.8. The van der Waals surface area contributed by atoms with E-state index in [0.29, 0.717) is 34.3 Å². The summed E-state index contributed by atoms with van der Waals surface area (Å²) in [5.41, 5.74) is 1.74. The number of imide groups is 1. The number of ether oxygens (including phenoxy) is 1. The molecule has 2 aromatic carbocycles. The van der Waals surface area contributed by atoms with E-state index in [4.69, 9.17) is 20.8 Å². The molecule has 3 amide bonds. The summed E-state index contributed by atoms with van der Waals surface area (Å²) in [6.07, 6.45) is 1.63. The van der Waals surface area contributed by atoms with Crippen LogP contribution in [0, 0.1) is 0 Å². The van der Waals surface area contributed by atoms with Crippen LogP contribution in [-0.2, 0) is 11.3 Å². The van der Waals surface area contributed by atoms with Gasteiger partial charge < -0.3 is 14.5 Å². The lowest BCUT2D eigenvalue weighted by Gasteiger charge is -2.17. The van der Waals surface area contributed by atoms with Gasteiger partial charge in [0.15, 0.2) is 0 Å². The number of amides is 3. The number of benzene rings is 2. The van der Waals surface area contributed by atoms with Gasteiger partial charge in [-0.2, -0.15) is 0 Å². The van der Waals surface area contributed by atoms with Crippen molar-refractivity contribution in [1.29, 1.82) is 0 Å². The second kappa shape index (κ2) is 8.84. The molecule has 1 saturated heterocycles. The molecule has 1 atom stereocenters. The average Bonchev–Trinajstić information content (AvgIpc) is 3.56. The predicted octanol–water partition coefficient (Wildman–Crippen LogP) is 4.31. The van der Waals surface area contributed by atoms with E-state index >= 15 is 0 Å². The van der Waals surface area contributed by atoms with E-state index in [2.05, 4.69) is 5.32 Å². The highest BCUT2D eigenvalue weighted by Crippen LogP contribution is 2.27. The van der Waals surface area contributed by atoms with E-state index in [1.54, 1.807) is 24.3 Å². The van der Waals surface area contributed by atoms with Gasteiger partial charge in [0, 0.05) is 22.8 Å². The normalized spacial score (nSPS) is 17.5. The molecular formula is C25H21ClN2O5. The molecule has 1 fully saturated rings. The van der Waals surface area contributed by atoms with Crippen LogP contribution >= 0.6 is 11.6 Å². The van der Waals surface area contributed by atoms with Gasteiger partial charge in [-0.3, -0.25) is 19.3 Å². The Morgan fingerprint density at radius 3 is 2.58 bits per heavy atom. The fourth-order valence-electron chi connectivity index (χ4n) is 4.10. The molecule has 1 aromatic heterocycles. The zero-order valence-corrected chi connectivity index (χ0v) is 18.4. The molecule has 0 spiro atoms. The standard InChI is InChI=1S/C25H21ClN2O5/c26-17-6-3-15(4-7-17)22-10-8-18(33-22)13-27-23(29)16-5-9-20-21(12-16)25(31)28(24(20)30)14-19-2-1-11-32-19/h3-10,12,19H,1-2,11,13-14H2,(H,27,29). The van der Waals surface area contributed by atoms with Gasteiger partial charge in [-0.05, 0) is 67.4 Å². The van der Waals surface area contributed by atoms with Crippen molar-refractivity contribution < 1.29 is 23.5 Å². The number of nitrogens with one attached hydrogen (secondary N) is 1. The molecule has 3 heterocycles. The third-order valence-corrected chi connectivity index (χ3v) is 6.11. The number of halogens is 1. The van der Waals surface area contributed by atoms with Gasteiger partial charge >= 0.3 is 0 Å². The summed E-state index contributed by atoms with van der Waals surface area (Å²) >= 11 is 5.92. The highest BCUT2D eigenvalue weighted by atomic mass is 35.5. The number of carbonyl (C=O) groups excluding carboxylic acids is 3. The van der Waals surface area contributed by atoms with Crippen LogP contribution in [0.25, 0.3) is 11.3 Å². The molecule has 0 radical (unpaired) electrons. The van der Waals surface area contributed by atoms with E-state index in [0.717, 1.165) is 18.4 Å². The number of furan rings is 1. The molecule has 0 aliphatic carbocycles. The Balaban J connectivity index is 1.24. The van der Waals surface area contributed by atoms with Crippen molar-refractivity contribution in [2.45, 2.75) is 25.5 Å². The minimum Gasteiger partial charge on any atom is -0.459 e. The molecule has 8 heteroatoms. The molecule has 7 nitrogen and oxygen atoms in total. The first-order valence-electron chi connectivity index (χ1n) is 10.7. The van der Waals surface area contributed by atoms with Gasteiger partial charge in [0.05, 0.1) is 30.3 Å². The number of hydrogen-bond donors (Lipinski definition) is 1. The van der Waals surface area contributed by atoms with Crippen LogP contribution in [0.5, 0.6) is 0 Å². The van der Waals surface area contributed by atoms with E-state index in [9.17, 15) is 14.4 Å². The summed E-state index contributed by atoms with van der Waals surface area (Å²) in [7, 11) is 0. The van der Waals surface area contributed by atoms with E-state index in [1.165, 1.54) is 17.0 Å². The third-order valence-electron chi connectivity index (χ3n) is 5.86. The smallest absolute Gasteiger partial charge is 0.261 e. The maximum absolute atomic E-state index is 12.8. The molecule has 3 aromatic rings. The first-order chi connectivity index (χ1) is 16.0. The maximum Gasteiger partial charge on any atom is 0.261 e. The van der Waals surface area contributed by atoms with Gasteiger partial charge in [0.25, 0.3) is 17.7 Å². The van der Waals surface area contributed by atoms with Crippen molar-refractivity contribution in [3.63, 3.8) is 0 Å². The second-order valence-electron chi connectivity index (χ2n) is 8.07. The Kier molecular flexibility index (Phi) is 5.74. The van der Waals surface area contributed by atoms with Crippen molar-refractivity contribution in [3.8, 4) is 11.3 Å². The quantitative estimate of drug-likeness (QED) is 0.549. The zero-order valence-electron chi connectivity index (χ0n) is 17.7. The van der Waals surface area contributed by atoms with Crippen molar-refractivity contribution in [1.82, 2.24) is 10.2 Å². The molecule has 0 saturated carbocycles. The average molecular weight is 465 g/mol. The minimum absolute atomic E-state index is 0.124. The number of hydrogen-bond acceptors (Lipinski definition) is 5. The number of rotatable bonds is 6. The lowest BCUT2D eigenvalue weighted by atomic mass is 10.1. The molecule has 1 unspecified atom stereocenters. The lowest BCUT2D eigenvalue weighted by molar-refractivity contribution is 0.0475. The first-order valence-corrected chi connectivity index (χ1v) is 11.1. The van der Waals surface area contributed by atoms with Crippen LogP contribution in [-0.4, -0.2) is 41.9 Å². The van der Waals surface area contributed by atoms with Crippen LogP contribution in [0.3, 0.4) is 0 Å². The van der Waals surface area contributed by atoms with Crippen LogP contribution < -0.4 is 5.32 Å². The topological polar surface area (TPSA) is 88.8 Å². The molecule has 2 aliphatic rings. The molecule has 168 valence electrons. The van der Waals surface area contributed by atoms with Crippen molar-refractivity contribution in [2.24, 2.45) is 0 Å². The van der Waals surface area contributed by atoms with Gasteiger partial charge in [-0.15, -0.1) is 0 Å². The Morgan fingerprint density at radius 1 is 1.03 bits per heavy atom. The fourth-order valence-corrected chi connectivity index (χ4v) is 4.23. The van der Waals surface area contributed by atoms with Gasteiger partial charge in [0.2, 0.25) is 0 Å². The highest BCUT2D eigenvalue weighted by molar-refractivity contribution is 6.30. The SMILES string of the molecule is O=C(NCc1ccc(-c2ccc(Cl)cc2)o1)c1ccc2c(c1)C(=O)N(CC1CCCO1)C2=O. The van der Waals surface area contributed by atoms with E-state index in [1.807, 2.05) is 18.2 Å². The number of carbonyl (C=O) groups is 3. The van der Waals surface area contributed by atoms with Gasteiger partial charge in [-0.1, -0.05) is 11.6 Å². The third kappa shape index (κ3) is 4.29. The molecular weight excluding hydrogens is 444 g/mol. The monoisotopic (exact) mass is 464 g/mol. The summed E-state index contributed by atoms with van der Waals surface area (Å²) in [4.78, 5) is 39.4. The predicted molar refractivity (Wildman–Crippen MR) is 121 cm³/mol. The summed E-state index contributed by atoms with van der Waals surface area (Å²) in [6.45, 7) is 1.07. The number of fused-ring (bicyclic) bond motifs is 1. The molecule has 2 aliphatic heterocycles. The van der Waals surface area contributed by atoms with Crippen LogP contribution in [0.4, 0.5) is 0 Å². The van der Waals surface area contributed by atoms with Crippen molar-refractivity contribution in [3.05, 3.63) is 82.1 Å². The zero-order chi connectivity index (χ0) is 22.9. The summed E-state index contributed by atoms with van der Waals surface area (Å²) in [5, 5.41) is 3.43. The fraction of sp³-hybridized carbons (Fsp3) is 0.240. The first kappa shape index (κ1) is 21.4. The van der Waals surface area contributed by atoms with Gasteiger partial charge in [-0.25, -0.2) is 0 Å². The summed E-state index contributed by atoms with van der Waals surface area (Å²) in [6, 6.07) is 15.4. The largest absolute Gasteiger partial charge is 0.459 e. The molecule has 0 bridgehead atoms. The van der Waals surface area contributed by atoms with Crippen LogP contribution in [0.2, 0.25) is 5.02 Å². The summed E-state index contributed by atoms with van der Waals surface area (Å²) < 4.78 is 11.4. The van der Waals surface area contributed by atoms with Gasteiger partial charge in [0.1, 0.15) is 11.5 Å². The highest BCUT2D eigenvalue weighted by Gasteiger charge is 2.37. The van der Waals surface area contributed by atoms with Crippen LogP contribution in [0.15, 0.2) is 59.0 Å². The summed E-state index contributed by atoms with van der Waals surface area (Å²) in [5.74, 6) is 0.161. The Labute approximate surface area is 195 Å². The van der Waals surface area contributed by atoms with Crippen molar-refractivity contribution >= 4 is 29.3 Å². The molecule has 1 N–H and O–H groups in total. The van der Waals surface area contributed by atoms with Crippen LogP contribution in [0.1, 0.15) is 49.7 Å². The molecule has 33 heavy (non-hydrogen) atoms. The van der Waals surface area contributed by atoms with Crippen molar-refractivity contribution in [2.75, 3.05) is 13.2 Å². The van der Waals surface area contributed by atoms with E-state index in [-0.39, 0.29) is 36.6 Å².